The Bertz CT molecular complexity index is 1460. The van der Waals surface area contributed by atoms with E-state index in [0.717, 1.165) is 33.9 Å². The van der Waals surface area contributed by atoms with E-state index in [2.05, 4.69) is 15.4 Å². The fourth-order valence-corrected chi connectivity index (χ4v) is 5.24. The summed E-state index contributed by atoms with van der Waals surface area (Å²) in [6.07, 6.45) is 0.803. The molecular weight excluding hydrogens is 462 g/mol. The number of sulfonamides is 1. The zero-order valence-electron chi connectivity index (χ0n) is 20.3. The fraction of sp³-hybridized carbons (Fsp3) is 0.269. The molecule has 2 aromatic heterocycles. The van der Waals surface area contributed by atoms with Crippen LogP contribution in [-0.2, 0) is 27.8 Å². The van der Waals surface area contributed by atoms with E-state index in [1.165, 1.54) is 16.4 Å². The van der Waals surface area contributed by atoms with E-state index in [1.807, 2.05) is 61.7 Å². The van der Waals surface area contributed by atoms with Crippen LogP contribution in [0.4, 0.5) is 5.69 Å². The van der Waals surface area contributed by atoms with Gasteiger partial charge in [-0.25, -0.2) is 17.9 Å². The second-order valence-corrected chi connectivity index (χ2v) is 10.7. The molecule has 0 unspecified atom stereocenters. The van der Waals surface area contributed by atoms with Crippen LogP contribution in [-0.4, -0.2) is 40.3 Å². The van der Waals surface area contributed by atoms with Crippen molar-refractivity contribution in [3.8, 4) is 0 Å². The molecule has 2 heterocycles. The van der Waals surface area contributed by atoms with Gasteiger partial charge in [-0.1, -0.05) is 30.3 Å². The van der Waals surface area contributed by atoms with Gasteiger partial charge in [-0.2, -0.15) is 9.40 Å². The molecule has 0 saturated carbocycles. The van der Waals surface area contributed by atoms with Gasteiger partial charge >= 0.3 is 0 Å². The van der Waals surface area contributed by atoms with Crippen molar-refractivity contribution in [1.29, 1.82) is 0 Å². The molecule has 35 heavy (non-hydrogen) atoms. The number of aryl methyl sites for hydroxylation is 3. The molecule has 0 saturated heterocycles. The van der Waals surface area contributed by atoms with E-state index in [-0.39, 0.29) is 23.8 Å². The minimum absolute atomic E-state index is 0.155. The molecule has 4 aromatic rings. The Morgan fingerprint density at radius 3 is 2.40 bits per heavy atom. The third kappa shape index (κ3) is 5.41. The van der Waals surface area contributed by atoms with Crippen LogP contribution < -0.4 is 5.32 Å². The highest BCUT2D eigenvalue weighted by atomic mass is 32.2. The van der Waals surface area contributed by atoms with Crippen LogP contribution >= 0.6 is 0 Å². The largest absolute Gasteiger partial charge is 0.326 e. The first kappa shape index (κ1) is 24.6. The molecule has 8 nitrogen and oxygen atoms in total. The normalized spacial score (nSPS) is 11.8. The van der Waals surface area contributed by atoms with E-state index in [1.54, 1.807) is 19.2 Å². The van der Waals surface area contributed by atoms with Crippen LogP contribution in [0.25, 0.3) is 5.65 Å². The van der Waals surface area contributed by atoms with Gasteiger partial charge in [-0.3, -0.25) is 4.79 Å². The standard InChI is InChI=1S/C26H29N5O3S/c1-18-16-25-27-19(2)24(20(3)31(25)29-18)14-15-26(32)28-22-10-12-23(13-11-22)35(33,34)30(4)17-21-8-6-5-7-9-21/h5-13,16H,14-15,17H2,1-4H3,(H,28,32). The maximum absolute atomic E-state index is 12.9. The van der Waals surface area contributed by atoms with Crippen molar-refractivity contribution >= 4 is 27.3 Å². The lowest BCUT2D eigenvalue weighted by Gasteiger charge is -2.17. The van der Waals surface area contributed by atoms with E-state index in [0.29, 0.717) is 12.1 Å². The van der Waals surface area contributed by atoms with E-state index >= 15 is 0 Å². The number of hydrogen-bond donors (Lipinski definition) is 1. The topological polar surface area (TPSA) is 96.7 Å². The summed E-state index contributed by atoms with van der Waals surface area (Å²) in [6, 6.07) is 17.6. The summed E-state index contributed by atoms with van der Waals surface area (Å²) < 4.78 is 28.9. The first-order valence-corrected chi connectivity index (χ1v) is 12.8. The van der Waals surface area contributed by atoms with Crippen molar-refractivity contribution in [3.63, 3.8) is 0 Å². The summed E-state index contributed by atoms with van der Waals surface area (Å²) in [5, 5.41) is 7.32. The summed E-state index contributed by atoms with van der Waals surface area (Å²) in [5.41, 5.74) is 6.01. The average molecular weight is 492 g/mol. The molecule has 9 heteroatoms. The van der Waals surface area contributed by atoms with Crippen LogP contribution in [0.1, 0.15) is 34.6 Å². The van der Waals surface area contributed by atoms with Gasteiger partial charge in [0.15, 0.2) is 5.65 Å². The Morgan fingerprint density at radius 1 is 1.03 bits per heavy atom. The van der Waals surface area contributed by atoms with Crippen LogP contribution in [0.5, 0.6) is 0 Å². The fourth-order valence-electron chi connectivity index (χ4n) is 4.08. The van der Waals surface area contributed by atoms with Crippen molar-refractivity contribution in [2.45, 2.75) is 45.1 Å². The lowest BCUT2D eigenvalue weighted by molar-refractivity contribution is -0.116. The van der Waals surface area contributed by atoms with Crippen molar-refractivity contribution in [2.75, 3.05) is 12.4 Å². The minimum atomic E-state index is -3.65. The molecule has 0 atom stereocenters. The lowest BCUT2D eigenvalue weighted by atomic mass is 10.1. The molecule has 1 amide bonds. The van der Waals surface area contributed by atoms with Gasteiger partial charge in [0.2, 0.25) is 15.9 Å². The van der Waals surface area contributed by atoms with Crippen LogP contribution in [0.3, 0.4) is 0 Å². The molecule has 0 aliphatic heterocycles. The highest BCUT2D eigenvalue weighted by Crippen LogP contribution is 2.20. The highest BCUT2D eigenvalue weighted by molar-refractivity contribution is 7.89. The van der Waals surface area contributed by atoms with E-state index < -0.39 is 10.0 Å². The molecule has 0 bridgehead atoms. The van der Waals surface area contributed by atoms with Crippen LogP contribution in [0, 0.1) is 20.8 Å². The maximum atomic E-state index is 12.9. The molecule has 1 N–H and O–H groups in total. The second-order valence-electron chi connectivity index (χ2n) is 8.64. The van der Waals surface area contributed by atoms with Gasteiger partial charge < -0.3 is 5.32 Å². The number of hydrogen-bond acceptors (Lipinski definition) is 5. The summed E-state index contributed by atoms with van der Waals surface area (Å²) in [5.74, 6) is -0.155. The van der Waals surface area contributed by atoms with Gasteiger partial charge in [0.25, 0.3) is 0 Å². The zero-order valence-corrected chi connectivity index (χ0v) is 21.1. The van der Waals surface area contributed by atoms with Crippen LogP contribution in [0.2, 0.25) is 0 Å². The van der Waals surface area contributed by atoms with Crippen molar-refractivity contribution in [1.82, 2.24) is 18.9 Å². The van der Waals surface area contributed by atoms with Gasteiger partial charge in [0.1, 0.15) is 0 Å². The summed E-state index contributed by atoms with van der Waals surface area (Å²) in [6.45, 7) is 6.12. The Labute approximate surface area is 205 Å². The predicted octanol–water partition coefficient (Wildman–Crippen LogP) is 4.05. The van der Waals surface area contributed by atoms with Crippen LogP contribution in [0.15, 0.2) is 65.6 Å². The third-order valence-electron chi connectivity index (χ3n) is 5.98. The molecule has 0 fully saturated rings. The van der Waals surface area contributed by atoms with Crippen molar-refractivity contribution in [2.24, 2.45) is 0 Å². The molecule has 0 radical (unpaired) electrons. The van der Waals surface area contributed by atoms with Crippen molar-refractivity contribution < 1.29 is 13.2 Å². The van der Waals surface area contributed by atoms with Crippen molar-refractivity contribution in [3.05, 3.63) is 88.9 Å². The number of aromatic nitrogens is 3. The SMILES string of the molecule is Cc1cc2nc(C)c(CCC(=O)Nc3ccc(S(=O)(=O)N(C)Cc4ccccc4)cc3)c(C)n2n1. The Hall–Kier alpha value is -3.56. The number of amides is 1. The van der Waals surface area contributed by atoms with E-state index in [9.17, 15) is 13.2 Å². The number of nitrogens with zero attached hydrogens (tertiary/aromatic N) is 4. The first-order chi connectivity index (χ1) is 16.6. The van der Waals surface area contributed by atoms with Gasteiger partial charge in [-0.15, -0.1) is 0 Å². The first-order valence-electron chi connectivity index (χ1n) is 11.4. The number of anilines is 1. The number of carbonyl (C=O) groups excluding carboxylic acids is 1. The lowest BCUT2D eigenvalue weighted by Crippen LogP contribution is -2.26. The Morgan fingerprint density at radius 2 is 1.71 bits per heavy atom. The maximum Gasteiger partial charge on any atom is 0.243 e. The smallest absolute Gasteiger partial charge is 0.243 e. The number of fused-ring (bicyclic) bond motifs is 1. The highest BCUT2D eigenvalue weighted by Gasteiger charge is 2.21. The molecule has 0 aliphatic rings. The number of benzene rings is 2. The Balaban J connectivity index is 1.39. The van der Waals surface area contributed by atoms with Gasteiger partial charge in [-0.05, 0) is 62.6 Å². The van der Waals surface area contributed by atoms with Gasteiger partial charge in [0.05, 0.1) is 10.6 Å². The molecule has 4 rings (SSSR count). The number of rotatable bonds is 8. The number of nitrogens with one attached hydrogen (secondary N) is 1. The molecule has 2 aromatic carbocycles. The zero-order chi connectivity index (χ0) is 25.2. The molecule has 0 aliphatic carbocycles. The second kappa shape index (κ2) is 9.97. The summed E-state index contributed by atoms with van der Waals surface area (Å²) in [7, 11) is -2.09. The molecule has 0 spiro atoms. The van der Waals surface area contributed by atoms with Gasteiger partial charge in [0, 0.05) is 43.2 Å². The summed E-state index contributed by atoms with van der Waals surface area (Å²) >= 11 is 0. The number of carbonyl (C=O) groups is 1. The predicted molar refractivity (Wildman–Crippen MR) is 136 cm³/mol. The third-order valence-corrected chi connectivity index (χ3v) is 7.80. The summed E-state index contributed by atoms with van der Waals surface area (Å²) in [4.78, 5) is 17.4. The quantitative estimate of drug-likeness (QED) is 0.401. The molecule has 182 valence electrons. The minimum Gasteiger partial charge on any atom is -0.326 e. The molecular formula is C26H29N5O3S. The van der Waals surface area contributed by atoms with E-state index in [4.69, 9.17) is 0 Å². The average Bonchev–Trinajstić information content (AvgIpc) is 3.20. The monoisotopic (exact) mass is 491 g/mol. The Kier molecular flexibility index (Phi) is 7.00.